The third-order valence-corrected chi connectivity index (χ3v) is 3.29. The summed E-state index contributed by atoms with van der Waals surface area (Å²) in [5.41, 5.74) is 3.02. The molecule has 1 aliphatic heterocycles. The molecule has 2 aromatic rings. The van der Waals surface area contributed by atoms with E-state index in [4.69, 9.17) is 4.74 Å². The van der Waals surface area contributed by atoms with Gasteiger partial charge in [-0.2, -0.15) is 0 Å². The highest BCUT2D eigenvalue weighted by atomic mass is 16.5. The quantitative estimate of drug-likeness (QED) is 0.834. The van der Waals surface area contributed by atoms with E-state index in [1.54, 1.807) is 12.4 Å². The monoisotopic (exact) mass is 241 g/mol. The van der Waals surface area contributed by atoms with Gasteiger partial charge in [-0.15, -0.1) is 0 Å². The Morgan fingerprint density at radius 1 is 1.33 bits per heavy atom. The minimum Gasteiger partial charge on any atom is -0.485 e. The van der Waals surface area contributed by atoms with Crippen molar-refractivity contribution in [3.05, 3.63) is 59.4 Å². The van der Waals surface area contributed by atoms with E-state index in [-0.39, 0.29) is 6.10 Å². The number of benzene rings is 1. The van der Waals surface area contributed by atoms with E-state index in [1.165, 1.54) is 0 Å². The molecule has 0 saturated heterocycles. The summed E-state index contributed by atoms with van der Waals surface area (Å²) < 4.78 is 5.94. The number of hydrogen-bond donors (Lipinski definition) is 1. The largest absolute Gasteiger partial charge is 0.485 e. The molecule has 1 aliphatic rings. The Hall–Kier alpha value is -1.87. The third kappa shape index (κ3) is 1.97. The minimum atomic E-state index is -0.473. The number of aromatic nitrogens is 1. The van der Waals surface area contributed by atoms with Gasteiger partial charge < -0.3 is 9.84 Å². The molecule has 1 N–H and O–H groups in total. The normalized spacial score (nSPS) is 22.1. The fourth-order valence-corrected chi connectivity index (χ4v) is 2.34. The van der Waals surface area contributed by atoms with Crippen LogP contribution in [0, 0.1) is 6.92 Å². The van der Waals surface area contributed by atoms with Crippen LogP contribution in [0.15, 0.2) is 42.7 Å². The zero-order valence-corrected chi connectivity index (χ0v) is 10.2. The molecule has 2 unspecified atom stereocenters. The van der Waals surface area contributed by atoms with E-state index in [0.717, 1.165) is 22.4 Å². The zero-order chi connectivity index (χ0) is 12.5. The van der Waals surface area contributed by atoms with Crippen LogP contribution in [0.4, 0.5) is 0 Å². The van der Waals surface area contributed by atoms with Crippen molar-refractivity contribution in [1.82, 2.24) is 4.98 Å². The van der Waals surface area contributed by atoms with E-state index in [1.807, 2.05) is 37.3 Å². The Morgan fingerprint density at radius 2 is 2.22 bits per heavy atom. The molecule has 18 heavy (non-hydrogen) atoms. The number of aliphatic hydroxyl groups excluding tert-OH is 1. The summed E-state index contributed by atoms with van der Waals surface area (Å²) in [5.74, 6) is 0.771. The smallest absolute Gasteiger partial charge is 0.128 e. The number of ether oxygens (including phenoxy) is 1. The molecule has 1 aromatic carbocycles. The molecule has 0 spiro atoms. The van der Waals surface area contributed by atoms with Gasteiger partial charge in [-0.25, -0.2) is 0 Å². The highest BCUT2D eigenvalue weighted by Crippen LogP contribution is 2.40. The van der Waals surface area contributed by atoms with Gasteiger partial charge in [0.2, 0.25) is 0 Å². The van der Waals surface area contributed by atoms with E-state index >= 15 is 0 Å². The van der Waals surface area contributed by atoms with Gasteiger partial charge in [0.15, 0.2) is 0 Å². The maximum absolute atomic E-state index is 10.2. The molecule has 0 bridgehead atoms. The second kappa shape index (κ2) is 4.42. The summed E-state index contributed by atoms with van der Waals surface area (Å²) in [4.78, 5) is 4.09. The first-order valence-corrected chi connectivity index (χ1v) is 6.09. The van der Waals surface area contributed by atoms with Gasteiger partial charge in [0.1, 0.15) is 11.9 Å². The van der Waals surface area contributed by atoms with Crippen molar-refractivity contribution in [2.45, 2.75) is 25.6 Å². The molecule has 0 saturated carbocycles. The lowest BCUT2D eigenvalue weighted by Crippen LogP contribution is -2.19. The van der Waals surface area contributed by atoms with Gasteiger partial charge in [0, 0.05) is 29.9 Å². The van der Waals surface area contributed by atoms with Crippen LogP contribution in [-0.4, -0.2) is 10.1 Å². The number of rotatable bonds is 1. The number of fused-ring (bicyclic) bond motifs is 1. The molecular formula is C15H15NO2. The Kier molecular flexibility index (Phi) is 2.76. The van der Waals surface area contributed by atoms with Crippen molar-refractivity contribution in [2.24, 2.45) is 0 Å². The SMILES string of the molecule is Cc1ccc2c(c1)C(O)CC(c1cccnc1)O2. The molecule has 2 heterocycles. The molecule has 1 aromatic heterocycles. The second-order valence-corrected chi connectivity index (χ2v) is 4.69. The summed E-state index contributed by atoms with van der Waals surface area (Å²) >= 11 is 0. The molecule has 0 aliphatic carbocycles. The van der Waals surface area contributed by atoms with Crippen molar-refractivity contribution in [3.8, 4) is 5.75 Å². The molecule has 2 atom stereocenters. The zero-order valence-electron chi connectivity index (χ0n) is 10.2. The molecular weight excluding hydrogens is 226 g/mol. The molecule has 3 rings (SSSR count). The van der Waals surface area contributed by atoms with Crippen LogP contribution < -0.4 is 4.74 Å². The second-order valence-electron chi connectivity index (χ2n) is 4.69. The van der Waals surface area contributed by atoms with E-state index in [2.05, 4.69) is 4.98 Å². The topological polar surface area (TPSA) is 42.4 Å². The Balaban J connectivity index is 1.95. The lowest BCUT2D eigenvalue weighted by molar-refractivity contribution is 0.0655. The number of aryl methyl sites for hydroxylation is 1. The number of pyridine rings is 1. The van der Waals surface area contributed by atoms with Crippen LogP contribution >= 0.6 is 0 Å². The van der Waals surface area contributed by atoms with E-state index < -0.39 is 6.10 Å². The summed E-state index contributed by atoms with van der Waals surface area (Å²) in [5, 5.41) is 10.2. The van der Waals surface area contributed by atoms with Crippen LogP contribution in [0.25, 0.3) is 0 Å². The Bertz CT molecular complexity index is 554. The first-order chi connectivity index (χ1) is 8.74. The van der Waals surface area contributed by atoms with E-state index in [9.17, 15) is 5.11 Å². The van der Waals surface area contributed by atoms with Crippen molar-refractivity contribution >= 4 is 0 Å². The van der Waals surface area contributed by atoms with E-state index in [0.29, 0.717) is 6.42 Å². The average molecular weight is 241 g/mol. The maximum Gasteiger partial charge on any atom is 0.128 e. The minimum absolute atomic E-state index is 0.121. The Morgan fingerprint density at radius 3 is 3.00 bits per heavy atom. The van der Waals surface area contributed by atoms with Gasteiger partial charge in [-0.3, -0.25) is 4.98 Å². The summed E-state index contributed by atoms with van der Waals surface area (Å²) in [6.45, 7) is 2.01. The van der Waals surface area contributed by atoms with Crippen molar-refractivity contribution in [1.29, 1.82) is 0 Å². The molecule has 0 fully saturated rings. The lowest BCUT2D eigenvalue weighted by Gasteiger charge is -2.30. The summed E-state index contributed by atoms with van der Waals surface area (Å²) in [6.07, 6.45) is 3.50. The van der Waals surface area contributed by atoms with Crippen molar-refractivity contribution in [3.63, 3.8) is 0 Å². The maximum atomic E-state index is 10.2. The number of aliphatic hydroxyl groups is 1. The van der Waals surface area contributed by atoms with Gasteiger partial charge in [0.25, 0.3) is 0 Å². The van der Waals surface area contributed by atoms with Crippen LogP contribution in [0.2, 0.25) is 0 Å². The van der Waals surface area contributed by atoms with Crippen molar-refractivity contribution in [2.75, 3.05) is 0 Å². The first kappa shape index (κ1) is 11.2. The van der Waals surface area contributed by atoms with Crippen LogP contribution in [-0.2, 0) is 0 Å². The standard InChI is InChI=1S/C15H15NO2/c1-10-4-5-14-12(7-10)13(17)8-15(18-14)11-3-2-6-16-9-11/h2-7,9,13,15,17H,8H2,1H3. The Labute approximate surface area is 106 Å². The predicted octanol–water partition coefficient (Wildman–Crippen LogP) is 2.95. The predicted molar refractivity (Wildman–Crippen MR) is 68.4 cm³/mol. The third-order valence-electron chi connectivity index (χ3n) is 3.29. The fraction of sp³-hybridized carbons (Fsp3) is 0.267. The molecule has 0 amide bonds. The number of nitrogens with zero attached hydrogens (tertiary/aromatic N) is 1. The highest BCUT2D eigenvalue weighted by Gasteiger charge is 2.27. The average Bonchev–Trinajstić information content (AvgIpc) is 2.40. The molecule has 0 radical (unpaired) electrons. The molecule has 3 nitrogen and oxygen atoms in total. The van der Waals surface area contributed by atoms with Crippen LogP contribution in [0.1, 0.15) is 35.3 Å². The molecule has 92 valence electrons. The summed E-state index contributed by atoms with van der Waals surface area (Å²) in [6, 6.07) is 9.77. The fourth-order valence-electron chi connectivity index (χ4n) is 2.34. The summed E-state index contributed by atoms with van der Waals surface area (Å²) in [7, 11) is 0. The van der Waals surface area contributed by atoms with Crippen LogP contribution in [0.3, 0.4) is 0 Å². The lowest BCUT2D eigenvalue weighted by atomic mass is 9.95. The first-order valence-electron chi connectivity index (χ1n) is 6.09. The number of hydrogen-bond acceptors (Lipinski definition) is 3. The van der Waals surface area contributed by atoms with Gasteiger partial charge >= 0.3 is 0 Å². The highest BCUT2D eigenvalue weighted by molar-refractivity contribution is 5.40. The van der Waals surface area contributed by atoms with Gasteiger partial charge in [-0.1, -0.05) is 17.7 Å². The van der Waals surface area contributed by atoms with Gasteiger partial charge in [-0.05, 0) is 25.1 Å². The van der Waals surface area contributed by atoms with Gasteiger partial charge in [0.05, 0.1) is 6.10 Å². The molecule has 3 heteroatoms. The van der Waals surface area contributed by atoms with Crippen molar-refractivity contribution < 1.29 is 9.84 Å². The van der Waals surface area contributed by atoms with Crippen LogP contribution in [0.5, 0.6) is 5.75 Å².